The lowest BCUT2D eigenvalue weighted by Gasteiger charge is -2.55. The summed E-state index contributed by atoms with van der Waals surface area (Å²) in [4.78, 5) is 48.7. The average molecular weight is 666 g/mol. The lowest BCUT2D eigenvalue weighted by atomic mass is 9.74. The van der Waals surface area contributed by atoms with E-state index in [0.717, 1.165) is 18.2 Å². The smallest absolute Gasteiger partial charge is 0.460 e. The molecule has 2 aromatic rings. The van der Waals surface area contributed by atoms with Gasteiger partial charge in [-0.2, -0.15) is 0 Å². The molecule has 0 aliphatic carbocycles. The van der Waals surface area contributed by atoms with E-state index in [1.54, 1.807) is 51.1 Å². The van der Waals surface area contributed by atoms with Gasteiger partial charge in [0.15, 0.2) is 0 Å². The Hall–Kier alpha value is -5.96. The molecule has 5 rings (SSSR count). The highest BCUT2D eigenvalue weighted by atomic mass is 28.4. The Morgan fingerprint density at radius 2 is 1.50 bits per heavy atom. The molecule has 0 radical (unpaired) electrons. The van der Waals surface area contributed by atoms with Crippen molar-refractivity contribution >= 4 is 32.1 Å². The Labute approximate surface area is 275 Å². The van der Waals surface area contributed by atoms with Crippen LogP contribution < -0.4 is 5.32 Å². The predicted octanol–water partition coefficient (Wildman–Crippen LogP) is 5.43. The van der Waals surface area contributed by atoms with E-state index in [1.807, 2.05) is 0 Å². The predicted molar refractivity (Wildman–Crippen MR) is 169 cm³/mol. The first-order valence-electron chi connectivity index (χ1n) is 14.2. The summed E-state index contributed by atoms with van der Waals surface area (Å²) in [6.07, 6.45) is 0. The van der Waals surface area contributed by atoms with Crippen LogP contribution in [0.15, 0.2) is 112 Å². The molecule has 2 aromatic carbocycles. The van der Waals surface area contributed by atoms with Gasteiger partial charge in [0.25, 0.3) is 23.8 Å². The normalized spacial score (nSPS) is 17.8. The Balaban J connectivity index is 1.68. The van der Waals surface area contributed by atoms with E-state index in [2.05, 4.69) is 63.5 Å². The van der Waals surface area contributed by atoms with E-state index in [-0.39, 0.29) is 18.2 Å². The molecule has 14 heteroatoms. The van der Waals surface area contributed by atoms with Gasteiger partial charge in [0, 0.05) is 17.7 Å². The van der Waals surface area contributed by atoms with Crippen molar-refractivity contribution in [2.24, 2.45) is 11.3 Å². The number of ether oxygens (including phenoxy) is 1. The zero-order valence-corrected chi connectivity index (χ0v) is 26.9. The SMILES string of the molecule is C=C=C=C=C=C=C=C=C=C=C(COC(=O)[C@H]([C@H](NC(=O)c1cc([N+](=O)[O-])cc([N+](=O)[O-])c1)c1ccccc1)C(C)(C)C)C[Si]12OC(O1)O2. The molecule has 0 saturated carbocycles. The van der Waals surface area contributed by atoms with E-state index < -0.39 is 65.8 Å². The summed E-state index contributed by atoms with van der Waals surface area (Å²) >= 11 is 0. The molecule has 48 heavy (non-hydrogen) atoms. The standard InChI is InChI=1S/C34H27N3O10Si/c1-5-6-7-8-9-10-11-13-16-24(23-48-45-33(46-48)47-48)22-44-32(39)29(34(2,3)4)30(25-17-14-12-15-18-25)35-31(38)26-19-27(36(40)41)21-28(20-26)37(42)43/h12,14-15,17-21,29-30,33H,1,22-23H2,2-4H3,(H,35,38)/t29-,30+,33?,48?/m0/s1. The average Bonchev–Trinajstić information content (AvgIpc) is 3.00. The van der Waals surface area contributed by atoms with Crippen LogP contribution >= 0.6 is 0 Å². The zero-order chi connectivity index (χ0) is 34.9. The van der Waals surface area contributed by atoms with Crippen LogP contribution in [-0.4, -0.2) is 43.6 Å². The maximum absolute atomic E-state index is 13.9. The third-order valence-electron chi connectivity index (χ3n) is 6.90. The van der Waals surface area contributed by atoms with Crippen molar-refractivity contribution in [3.05, 3.63) is 144 Å². The summed E-state index contributed by atoms with van der Waals surface area (Å²) in [7, 11) is -2.89. The number of rotatable bonds is 11. The van der Waals surface area contributed by atoms with Crippen LogP contribution in [0.1, 0.15) is 42.7 Å². The molecule has 0 aromatic heterocycles. The molecule has 0 unspecified atom stereocenters. The number of benzene rings is 2. The largest absolute Gasteiger partial charge is 0.516 e. The number of hydrogen-bond acceptors (Lipinski definition) is 10. The molecule has 3 aliphatic heterocycles. The van der Waals surface area contributed by atoms with Gasteiger partial charge in [-0.25, -0.2) is 0 Å². The van der Waals surface area contributed by atoms with Crippen molar-refractivity contribution in [1.29, 1.82) is 0 Å². The van der Waals surface area contributed by atoms with E-state index in [9.17, 15) is 29.8 Å². The molecule has 1 N–H and O–H groups in total. The van der Waals surface area contributed by atoms with Crippen molar-refractivity contribution in [3.63, 3.8) is 0 Å². The second kappa shape index (κ2) is 15.1. The van der Waals surface area contributed by atoms with E-state index >= 15 is 0 Å². The number of carbonyl (C=O) groups excluding carboxylic acids is 2. The summed E-state index contributed by atoms with van der Waals surface area (Å²) in [5, 5.41) is 25.7. The van der Waals surface area contributed by atoms with Crippen LogP contribution in [0, 0.1) is 31.6 Å². The molecule has 2 atom stereocenters. The van der Waals surface area contributed by atoms with Crippen LogP contribution in [0.2, 0.25) is 6.04 Å². The van der Waals surface area contributed by atoms with E-state index in [1.165, 1.54) is 0 Å². The minimum absolute atomic E-state index is 0.155. The Morgan fingerprint density at radius 1 is 0.938 bits per heavy atom. The Bertz CT molecular complexity index is 1970. The van der Waals surface area contributed by atoms with E-state index in [4.69, 9.17) is 18.0 Å². The molecule has 13 nitrogen and oxygen atoms in total. The lowest BCUT2D eigenvalue weighted by Crippen LogP contribution is -2.76. The van der Waals surface area contributed by atoms with Crippen LogP contribution in [0.25, 0.3) is 0 Å². The highest BCUT2D eigenvalue weighted by Gasteiger charge is 2.69. The minimum Gasteiger partial charge on any atom is -0.460 e. The molecule has 3 heterocycles. The van der Waals surface area contributed by atoms with Gasteiger partial charge in [-0.05, 0) is 57.7 Å². The number of nitrogens with zero attached hydrogens (tertiary/aromatic N) is 2. The molecular formula is C34H27N3O10Si. The van der Waals surface area contributed by atoms with Crippen LogP contribution in [0.3, 0.4) is 0 Å². The molecule has 242 valence electrons. The maximum Gasteiger partial charge on any atom is 0.516 e. The first kappa shape index (κ1) is 34.9. The zero-order valence-electron chi connectivity index (χ0n) is 25.9. The van der Waals surface area contributed by atoms with Gasteiger partial charge in [0.05, 0.1) is 39.5 Å². The first-order valence-corrected chi connectivity index (χ1v) is 16.1. The molecule has 0 spiro atoms. The van der Waals surface area contributed by atoms with Crippen molar-refractivity contribution in [2.75, 3.05) is 6.61 Å². The fraction of sp³-hybridized carbons (Fsp3) is 0.265. The number of carbonyl (C=O) groups is 2. The fourth-order valence-corrected chi connectivity index (χ4v) is 6.62. The number of esters is 1. The summed E-state index contributed by atoms with van der Waals surface area (Å²) in [6.45, 7) is 7.72. The number of nitro groups is 2. The molecule has 3 aliphatic rings. The van der Waals surface area contributed by atoms with Crippen LogP contribution in [0.5, 0.6) is 0 Å². The quantitative estimate of drug-likeness (QED) is 0.107. The number of amides is 1. The second-order valence-electron chi connectivity index (χ2n) is 11.3. The third-order valence-corrected chi connectivity index (χ3v) is 9.41. The highest BCUT2D eigenvalue weighted by Crippen LogP contribution is 2.45. The summed E-state index contributed by atoms with van der Waals surface area (Å²) < 4.78 is 22.3. The van der Waals surface area contributed by atoms with Gasteiger partial charge in [-0.1, -0.05) is 62.6 Å². The fourth-order valence-electron chi connectivity index (χ4n) is 4.72. The van der Waals surface area contributed by atoms with Crippen molar-refractivity contribution in [1.82, 2.24) is 5.32 Å². The number of nitro benzene ring substituents is 2. The third kappa shape index (κ3) is 8.85. The summed E-state index contributed by atoms with van der Waals surface area (Å²) in [5.74, 6) is -2.59. The molecule has 3 fully saturated rings. The van der Waals surface area contributed by atoms with Gasteiger partial charge < -0.3 is 23.3 Å². The molecule has 3 saturated heterocycles. The van der Waals surface area contributed by atoms with Crippen molar-refractivity contribution in [3.8, 4) is 0 Å². The number of nitrogens with one attached hydrogen (secondary N) is 1. The summed E-state index contributed by atoms with van der Waals surface area (Å²) in [6, 6.07) is 10.3. The van der Waals surface area contributed by atoms with Crippen LogP contribution in [-0.2, 0) is 22.8 Å². The van der Waals surface area contributed by atoms with Gasteiger partial charge in [-0.3, -0.25) is 29.8 Å². The maximum atomic E-state index is 13.9. The van der Waals surface area contributed by atoms with Gasteiger partial charge in [0.2, 0.25) is 0 Å². The molecule has 2 bridgehead atoms. The topological polar surface area (TPSA) is 169 Å². The molecule has 1 amide bonds. The lowest BCUT2D eigenvalue weighted by molar-refractivity contribution is -0.394. The molecular weight excluding hydrogens is 638 g/mol. The van der Waals surface area contributed by atoms with Gasteiger partial charge >= 0.3 is 14.8 Å². The van der Waals surface area contributed by atoms with Gasteiger partial charge in [0.1, 0.15) is 6.61 Å². The number of hydrogen-bond donors (Lipinski definition) is 1. The second-order valence-corrected chi connectivity index (χ2v) is 13.8. The van der Waals surface area contributed by atoms with Crippen LogP contribution in [0.4, 0.5) is 11.4 Å². The Kier molecular flexibility index (Phi) is 11.0. The minimum atomic E-state index is -2.89. The summed E-state index contributed by atoms with van der Waals surface area (Å²) in [5.41, 5.74) is 21.4. The van der Waals surface area contributed by atoms with Crippen molar-refractivity contribution in [2.45, 2.75) is 39.3 Å². The van der Waals surface area contributed by atoms with Crippen molar-refractivity contribution < 1.29 is 37.5 Å². The number of non-ortho nitro benzene ring substituents is 2. The first-order chi connectivity index (χ1) is 22.8. The van der Waals surface area contributed by atoms with Gasteiger partial charge in [-0.15, -0.1) is 0 Å². The highest BCUT2D eigenvalue weighted by molar-refractivity contribution is 6.66. The monoisotopic (exact) mass is 665 g/mol. The Morgan fingerprint density at radius 3 is 2.00 bits per heavy atom. The van der Waals surface area contributed by atoms with E-state index in [0.29, 0.717) is 11.1 Å².